The van der Waals surface area contributed by atoms with Crippen molar-refractivity contribution in [3.05, 3.63) is 53.1 Å². The number of methoxy groups -OCH3 is 1. The van der Waals surface area contributed by atoms with Crippen LogP contribution in [0.15, 0.2) is 46.2 Å². The highest BCUT2D eigenvalue weighted by atomic mass is 32.2. The first-order chi connectivity index (χ1) is 11.6. The molecule has 0 bridgehead atoms. The predicted octanol–water partition coefficient (Wildman–Crippen LogP) is 1.79. The summed E-state index contributed by atoms with van der Waals surface area (Å²) in [5.74, 6) is 0.491. The first kappa shape index (κ1) is 19.4. The van der Waals surface area contributed by atoms with E-state index in [1.54, 1.807) is 26.0 Å². The number of benzene rings is 2. The fraction of sp³-hybridized carbons (Fsp3) is 0.250. The Morgan fingerprint density at radius 2 is 1.28 bits per heavy atom. The van der Waals surface area contributed by atoms with Gasteiger partial charge in [-0.2, -0.15) is 0 Å². The third-order valence-electron chi connectivity index (χ3n) is 3.55. The number of hydrogen-bond donors (Lipinski definition) is 2. The molecule has 9 heteroatoms. The van der Waals surface area contributed by atoms with Gasteiger partial charge in [0.05, 0.1) is 16.9 Å². The average Bonchev–Trinajstić information content (AvgIpc) is 2.52. The summed E-state index contributed by atoms with van der Waals surface area (Å²) >= 11 is 0. The molecule has 0 spiro atoms. The number of nitrogens with one attached hydrogen (secondary N) is 2. The molecule has 0 unspecified atom stereocenters. The molecular formula is C16H20N2O5S2. The highest BCUT2D eigenvalue weighted by molar-refractivity contribution is 7.92. The molecule has 2 aromatic carbocycles. The van der Waals surface area contributed by atoms with Crippen molar-refractivity contribution < 1.29 is 21.6 Å². The van der Waals surface area contributed by atoms with Crippen LogP contribution in [-0.2, 0) is 20.0 Å². The number of hydrogen-bond acceptors (Lipinski definition) is 5. The van der Waals surface area contributed by atoms with Gasteiger partial charge in [-0.3, -0.25) is 0 Å². The Morgan fingerprint density at radius 3 is 1.76 bits per heavy atom. The zero-order chi connectivity index (χ0) is 18.8. The van der Waals surface area contributed by atoms with Gasteiger partial charge in [-0.1, -0.05) is 17.7 Å². The van der Waals surface area contributed by atoms with Crippen molar-refractivity contribution in [2.45, 2.75) is 30.6 Å². The summed E-state index contributed by atoms with van der Waals surface area (Å²) in [4.78, 5) is 3.82. The molecule has 0 aliphatic carbocycles. The molecule has 0 aromatic heterocycles. The molecule has 7 nitrogen and oxygen atoms in total. The van der Waals surface area contributed by atoms with E-state index < -0.39 is 20.0 Å². The largest absolute Gasteiger partial charge is 0.497 e. The Hall–Kier alpha value is -1.94. The SMILES string of the molecule is COc1ccc(S(=O)(=O)NNS(=O)(=O)c2c(C)cc(C)cc2C)cc1. The fourth-order valence-corrected chi connectivity index (χ4v) is 5.12. The van der Waals surface area contributed by atoms with E-state index >= 15 is 0 Å². The molecule has 0 amide bonds. The van der Waals surface area contributed by atoms with Crippen LogP contribution in [0.3, 0.4) is 0 Å². The number of aryl methyl sites for hydroxylation is 3. The predicted molar refractivity (Wildman–Crippen MR) is 94.3 cm³/mol. The summed E-state index contributed by atoms with van der Waals surface area (Å²) in [6.45, 7) is 5.18. The summed E-state index contributed by atoms with van der Waals surface area (Å²) < 4.78 is 54.5. The Labute approximate surface area is 148 Å². The van der Waals surface area contributed by atoms with Gasteiger partial charge in [0.2, 0.25) is 0 Å². The van der Waals surface area contributed by atoms with Crippen molar-refractivity contribution in [1.82, 2.24) is 9.66 Å². The van der Waals surface area contributed by atoms with Crippen LogP contribution in [0.2, 0.25) is 0 Å². The van der Waals surface area contributed by atoms with E-state index in [1.165, 1.54) is 31.4 Å². The Balaban J connectivity index is 2.27. The Morgan fingerprint density at radius 1 is 0.800 bits per heavy atom. The molecule has 0 heterocycles. The van der Waals surface area contributed by atoms with Gasteiger partial charge in [0, 0.05) is 0 Å². The minimum absolute atomic E-state index is 0.0514. The van der Waals surface area contributed by atoms with Gasteiger partial charge >= 0.3 is 0 Å². The van der Waals surface area contributed by atoms with Gasteiger partial charge in [0.25, 0.3) is 20.0 Å². The van der Waals surface area contributed by atoms with E-state index in [2.05, 4.69) is 0 Å². The van der Waals surface area contributed by atoms with E-state index in [4.69, 9.17) is 4.74 Å². The summed E-state index contributed by atoms with van der Waals surface area (Å²) in [5.41, 5.74) is 2.00. The van der Waals surface area contributed by atoms with Crippen molar-refractivity contribution in [2.24, 2.45) is 0 Å². The van der Waals surface area contributed by atoms with Crippen molar-refractivity contribution >= 4 is 20.0 Å². The number of sulfonamides is 2. The standard InChI is InChI=1S/C16H20N2O5S2/c1-11-9-12(2)16(13(3)10-11)25(21,22)18-17-24(19,20)15-7-5-14(23-4)6-8-15/h5-10,17-18H,1-4H3. The lowest BCUT2D eigenvalue weighted by Gasteiger charge is -2.14. The summed E-state index contributed by atoms with van der Waals surface area (Å²) in [5, 5.41) is 0. The zero-order valence-electron chi connectivity index (χ0n) is 14.3. The normalized spacial score (nSPS) is 12.2. The van der Waals surface area contributed by atoms with Crippen LogP contribution in [-0.4, -0.2) is 23.9 Å². The molecule has 0 fully saturated rings. The van der Waals surface area contributed by atoms with Gasteiger partial charge in [0.1, 0.15) is 5.75 Å². The van der Waals surface area contributed by atoms with E-state index in [-0.39, 0.29) is 9.79 Å². The first-order valence-electron chi connectivity index (χ1n) is 7.32. The lowest BCUT2D eigenvalue weighted by molar-refractivity contribution is 0.414. The van der Waals surface area contributed by atoms with Gasteiger partial charge in [0.15, 0.2) is 0 Å². The van der Waals surface area contributed by atoms with Crippen LogP contribution in [0.25, 0.3) is 0 Å². The molecule has 136 valence electrons. The number of rotatable bonds is 6. The van der Waals surface area contributed by atoms with E-state index in [0.717, 1.165) is 5.56 Å². The molecule has 0 saturated heterocycles. The lowest BCUT2D eigenvalue weighted by atomic mass is 10.1. The van der Waals surface area contributed by atoms with Crippen LogP contribution in [0.1, 0.15) is 16.7 Å². The highest BCUT2D eigenvalue weighted by Gasteiger charge is 2.23. The second kappa shape index (κ2) is 7.12. The fourth-order valence-electron chi connectivity index (χ4n) is 2.57. The maximum Gasteiger partial charge on any atom is 0.254 e. The van der Waals surface area contributed by atoms with Crippen LogP contribution in [0, 0.1) is 20.8 Å². The third kappa shape index (κ3) is 4.37. The van der Waals surface area contributed by atoms with Crippen molar-refractivity contribution in [3.8, 4) is 5.75 Å². The zero-order valence-corrected chi connectivity index (χ0v) is 16.0. The van der Waals surface area contributed by atoms with Gasteiger partial charge in [-0.05, 0) is 56.2 Å². The highest BCUT2D eigenvalue weighted by Crippen LogP contribution is 2.21. The van der Waals surface area contributed by atoms with Gasteiger partial charge in [-0.25, -0.2) is 16.8 Å². The third-order valence-corrected chi connectivity index (χ3v) is 6.50. The van der Waals surface area contributed by atoms with Crippen LogP contribution in [0.4, 0.5) is 0 Å². The molecule has 0 radical (unpaired) electrons. The molecule has 0 atom stereocenters. The minimum atomic E-state index is -4.06. The first-order valence-corrected chi connectivity index (χ1v) is 10.3. The maximum atomic E-state index is 12.5. The molecule has 0 saturated carbocycles. The molecule has 2 aromatic rings. The van der Waals surface area contributed by atoms with E-state index in [9.17, 15) is 16.8 Å². The molecule has 2 rings (SSSR count). The van der Waals surface area contributed by atoms with Gasteiger partial charge in [-0.15, -0.1) is 9.66 Å². The van der Waals surface area contributed by atoms with Crippen LogP contribution >= 0.6 is 0 Å². The minimum Gasteiger partial charge on any atom is -0.497 e. The Kier molecular flexibility index (Phi) is 5.52. The average molecular weight is 384 g/mol. The Bertz CT molecular complexity index is 959. The smallest absolute Gasteiger partial charge is 0.254 e. The van der Waals surface area contributed by atoms with Crippen molar-refractivity contribution in [3.63, 3.8) is 0 Å². The molecule has 0 aliphatic heterocycles. The maximum absolute atomic E-state index is 12.5. The van der Waals surface area contributed by atoms with Crippen molar-refractivity contribution in [1.29, 1.82) is 0 Å². The second-order valence-electron chi connectivity index (χ2n) is 5.61. The lowest BCUT2D eigenvalue weighted by Crippen LogP contribution is -2.41. The molecule has 0 aliphatic rings. The topological polar surface area (TPSA) is 102 Å². The van der Waals surface area contributed by atoms with Crippen LogP contribution < -0.4 is 14.4 Å². The molecule has 2 N–H and O–H groups in total. The summed E-state index contributed by atoms with van der Waals surface area (Å²) in [6, 6.07) is 9.02. The van der Waals surface area contributed by atoms with Gasteiger partial charge < -0.3 is 4.74 Å². The van der Waals surface area contributed by atoms with E-state index in [0.29, 0.717) is 16.9 Å². The molecular weight excluding hydrogens is 364 g/mol. The second-order valence-corrected chi connectivity index (χ2v) is 8.92. The number of hydrazine groups is 1. The summed E-state index contributed by atoms with van der Waals surface area (Å²) in [6.07, 6.45) is 0. The quantitative estimate of drug-likeness (QED) is 0.740. The summed E-state index contributed by atoms with van der Waals surface area (Å²) in [7, 11) is -6.65. The molecule has 25 heavy (non-hydrogen) atoms. The number of ether oxygens (including phenoxy) is 1. The van der Waals surface area contributed by atoms with E-state index in [1.807, 2.05) is 16.6 Å². The van der Waals surface area contributed by atoms with Crippen LogP contribution in [0.5, 0.6) is 5.75 Å². The monoisotopic (exact) mass is 384 g/mol. The van der Waals surface area contributed by atoms with Crippen molar-refractivity contribution in [2.75, 3.05) is 7.11 Å².